The zero-order chi connectivity index (χ0) is 13.0. The van der Waals surface area contributed by atoms with Crippen LogP contribution in [0.2, 0.25) is 0 Å². The van der Waals surface area contributed by atoms with Crippen LogP contribution in [0.5, 0.6) is 0 Å². The normalized spacial score (nSPS) is 26.9. The zero-order valence-electron chi connectivity index (χ0n) is 10.5. The third kappa shape index (κ3) is 3.32. The van der Waals surface area contributed by atoms with E-state index in [1.54, 1.807) is 0 Å². The molecule has 4 heteroatoms. The Kier molecular flexibility index (Phi) is 5.18. The Balaban J connectivity index is 1.82. The molecule has 1 N–H and O–H groups in total. The lowest BCUT2D eigenvalue weighted by molar-refractivity contribution is -0.196. The number of ether oxygens (including phenoxy) is 2. The summed E-state index contributed by atoms with van der Waals surface area (Å²) in [5.41, 5.74) is 1.12. The van der Waals surface area contributed by atoms with Crippen molar-refractivity contribution in [1.29, 1.82) is 0 Å². The van der Waals surface area contributed by atoms with Crippen molar-refractivity contribution in [2.24, 2.45) is 0 Å². The molecule has 3 nitrogen and oxygen atoms in total. The third-order valence-electron chi connectivity index (χ3n) is 3.14. The fourth-order valence-electron chi connectivity index (χ4n) is 2.01. The van der Waals surface area contributed by atoms with Crippen LogP contribution in [0.1, 0.15) is 25.3 Å². The second kappa shape index (κ2) is 6.66. The van der Waals surface area contributed by atoms with Gasteiger partial charge in [-0.15, -0.1) is 0 Å². The third-order valence-corrected chi connectivity index (χ3v) is 3.92. The Hall–Kier alpha value is -0.420. The molecule has 3 atom stereocenters. The van der Waals surface area contributed by atoms with Crippen molar-refractivity contribution in [3.63, 3.8) is 0 Å². The van der Waals surface area contributed by atoms with Crippen molar-refractivity contribution in [2.45, 2.75) is 44.7 Å². The molecule has 3 unspecified atom stereocenters. The standard InChI is InChI=1S/C14H19BrO3/c1-2-7-17-14-12(16)8-13(14)18-9-10-5-3-4-6-11(10)15/h3-6,12-14,16H,2,7-9H2,1H3. The van der Waals surface area contributed by atoms with Crippen LogP contribution >= 0.6 is 15.9 Å². The lowest BCUT2D eigenvalue weighted by atomic mass is 9.88. The van der Waals surface area contributed by atoms with Gasteiger partial charge >= 0.3 is 0 Å². The Morgan fingerprint density at radius 3 is 2.78 bits per heavy atom. The summed E-state index contributed by atoms with van der Waals surface area (Å²) in [6, 6.07) is 8.00. The Bertz CT molecular complexity index is 383. The molecule has 1 aromatic carbocycles. The second-order valence-corrected chi connectivity index (χ2v) is 5.43. The Morgan fingerprint density at radius 2 is 2.11 bits per heavy atom. The Labute approximate surface area is 116 Å². The first-order chi connectivity index (χ1) is 8.72. The largest absolute Gasteiger partial charge is 0.390 e. The molecule has 0 spiro atoms. The highest BCUT2D eigenvalue weighted by Gasteiger charge is 2.41. The van der Waals surface area contributed by atoms with E-state index in [-0.39, 0.29) is 18.3 Å². The monoisotopic (exact) mass is 314 g/mol. The molecule has 18 heavy (non-hydrogen) atoms. The number of aliphatic hydroxyl groups is 1. The summed E-state index contributed by atoms with van der Waals surface area (Å²) >= 11 is 3.49. The first kappa shape index (κ1) is 14.0. The fraction of sp³-hybridized carbons (Fsp3) is 0.571. The van der Waals surface area contributed by atoms with Gasteiger partial charge in [0.2, 0.25) is 0 Å². The van der Waals surface area contributed by atoms with Crippen molar-refractivity contribution in [2.75, 3.05) is 6.61 Å². The molecule has 0 saturated heterocycles. The summed E-state index contributed by atoms with van der Waals surface area (Å²) in [6.45, 7) is 3.28. The average molecular weight is 315 g/mol. The van der Waals surface area contributed by atoms with E-state index in [2.05, 4.69) is 22.9 Å². The molecule has 1 saturated carbocycles. The smallest absolute Gasteiger partial charge is 0.110 e. The van der Waals surface area contributed by atoms with Crippen molar-refractivity contribution >= 4 is 15.9 Å². The molecular formula is C14H19BrO3. The molecule has 1 aromatic rings. The van der Waals surface area contributed by atoms with Gasteiger partial charge in [-0.1, -0.05) is 41.1 Å². The highest BCUT2D eigenvalue weighted by atomic mass is 79.9. The van der Waals surface area contributed by atoms with Gasteiger partial charge in [0.1, 0.15) is 6.10 Å². The van der Waals surface area contributed by atoms with E-state index in [4.69, 9.17) is 9.47 Å². The number of halogens is 1. The van der Waals surface area contributed by atoms with E-state index in [9.17, 15) is 5.11 Å². The van der Waals surface area contributed by atoms with Gasteiger partial charge < -0.3 is 14.6 Å². The molecule has 1 aliphatic carbocycles. The van der Waals surface area contributed by atoms with Gasteiger partial charge in [-0.05, 0) is 18.1 Å². The predicted molar refractivity (Wildman–Crippen MR) is 73.4 cm³/mol. The van der Waals surface area contributed by atoms with Gasteiger partial charge in [-0.2, -0.15) is 0 Å². The maximum atomic E-state index is 9.64. The van der Waals surface area contributed by atoms with Crippen LogP contribution in [0, 0.1) is 0 Å². The van der Waals surface area contributed by atoms with Gasteiger partial charge in [-0.3, -0.25) is 0 Å². The molecule has 0 aromatic heterocycles. The summed E-state index contributed by atoms with van der Waals surface area (Å²) in [6.07, 6.45) is 1.10. The van der Waals surface area contributed by atoms with E-state index in [0.717, 1.165) is 16.5 Å². The lowest BCUT2D eigenvalue weighted by Crippen LogP contribution is -2.53. The number of hydrogen-bond donors (Lipinski definition) is 1. The summed E-state index contributed by atoms with van der Waals surface area (Å²) in [4.78, 5) is 0. The summed E-state index contributed by atoms with van der Waals surface area (Å²) in [5, 5.41) is 9.64. The quantitative estimate of drug-likeness (QED) is 0.877. The van der Waals surface area contributed by atoms with Crippen LogP contribution in [0.25, 0.3) is 0 Å². The van der Waals surface area contributed by atoms with Gasteiger partial charge in [-0.25, -0.2) is 0 Å². The maximum absolute atomic E-state index is 9.64. The number of hydrogen-bond acceptors (Lipinski definition) is 3. The van der Waals surface area contributed by atoms with Crippen molar-refractivity contribution < 1.29 is 14.6 Å². The van der Waals surface area contributed by atoms with Gasteiger partial charge in [0.25, 0.3) is 0 Å². The first-order valence-corrected chi connectivity index (χ1v) is 7.16. The van der Waals surface area contributed by atoms with Crippen molar-refractivity contribution in [3.8, 4) is 0 Å². The predicted octanol–water partition coefficient (Wildman–Crippen LogP) is 2.89. The Morgan fingerprint density at radius 1 is 1.33 bits per heavy atom. The number of benzene rings is 1. The number of aliphatic hydroxyl groups excluding tert-OH is 1. The van der Waals surface area contributed by atoms with Gasteiger partial charge in [0.15, 0.2) is 0 Å². The van der Waals surface area contributed by atoms with Crippen LogP contribution in [0.4, 0.5) is 0 Å². The van der Waals surface area contributed by atoms with Crippen LogP contribution in [0.15, 0.2) is 28.7 Å². The van der Waals surface area contributed by atoms with E-state index in [1.807, 2.05) is 24.3 Å². The average Bonchev–Trinajstić information content (AvgIpc) is 2.36. The van der Waals surface area contributed by atoms with Crippen LogP contribution in [-0.4, -0.2) is 30.0 Å². The van der Waals surface area contributed by atoms with E-state index in [1.165, 1.54) is 0 Å². The molecular weight excluding hydrogens is 296 g/mol. The molecule has 0 amide bonds. The second-order valence-electron chi connectivity index (χ2n) is 4.58. The van der Waals surface area contributed by atoms with Crippen molar-refractivity contribution in [3.05, 3.63) is 34.3 Å². The maximum Gasteiger partial charge on any atom is 0.110 e. The highest BCUT2D eigenvalue weighted by molar-refractivity contribution is 9.10. The highest BCUT2D eigenvalue weighted by Crippen LogP contribution is 2.29. The molecule has 0 bridgehead atoms. The minimum Gasteiger partial charge on any atom is -0.390 e. The van der Waals surface area contributed by atoms with Gasteiger partial charge in [0, 0.05) is 17.5 Å². The molecule has 1 fully saturated rings. The van der Waals surface area contributed by atoms with Crippen LogP contribution in [0.3, 0.4) is 0 Å². The van der Waals surface area contributed by atoms with Crippen LogP contribution < -0.4 is 0 Å². The van der Waals surface area contributed by atoms with E-state index >= 15 is 0 Å². The van der Waals surface area contributed by atoms with E-state index < -0.39 is 0 Å². The molecule has 0 aliphatic heterocycles. The molecule has 0 heterocycles. The summed E-state index contributed by atoms with van der Waals surface area (Å²) in [7, 11) is 0. The summed E-state index contributed by atoms with van der Waals surface area (Å²) in [5.74, 6) is 0. The number of rotatable bonds is 6. The van der Waals surface area contributed by atoms with Crippen molar-refractivity contribution in [1.82, 2.24) is 0 Å². The van der Waals surface area contributed by atoms with Crippen LogP contribution in [-0.2, 0) is 16.1 Å². The zero-order valence-corrected chi connectivity index (χ0v) is 12.1. The molecule has 0 radical (unpaired) electrons. The molecule has 2 rings (SSSR count). The molecule has 1 aliphatic rings. The fourth-order valence-corrected chi connectivity index (χ4v) is 2.40. The summed E-state index contributed by atoms with van der Waals surface area (Å²) < 4.78 is 12.4. The molecule has 100 valence electrons. The van der Waals surface area contributed by atoms with Gasteiger partial charge in [0.05, 0.1) is 18.8 Å². The lowest BCUT2D eigenvalue weighted by Gasteiger charge is -2.40. The SMILES string of the molecule is CCCOC1C(O)CC1OCc1ccccc1Br. The minimum atomic E-state index is -0.374. The first-order valence-electron chi connectivity index (χ1n) is 6.37. The van der Waals surface area contributed by atoms with E-state index in [0.29, 0.717) is 19.6 Å². The minimum absolute atomic E-state index is 0.0126. The topological polar surface area (TPSA) is 38.7 Å².